The van der Waals surface area contributed by atoms with Crippen LogP contribution in [0.1, 0.15) is 27.0 Å². The van der Waals surface area contributed by atoms with Crippen molar-refractivity contribution in [3.63, 3.8) is 0 Å². The molecule has 0 atom stereocenters. The maximum atomic E-state index is 12.7. The van der Waals surface area contributed by atoms with E-state index >= 15 is 0 Å². The summed E-state index contributed by atoms with van der Waals surface area (Å²) < 4.78 is 0. The second kappa shape index (κ2) is 7.68. The number of benzene rings is 2. The van der Waals surface area contributed by atoms with Crippen molar-refractivity contribution in [2.45, 2.75) is 19.5 Å². The molecule has 5 rings (SSSR count). The Balaban J connectivity index is 1.27. The number of aromatic nitrogens is 2. The number of H-pyrrole nitrogens is 1. The highest BCUT2D eigenvalue weighted by Gasteiger charge is 2.22. The van der Waals surface area contributed by atoms with Gasteiger partial charge in [-0.25, -0.2) is 0 Å². The van der Waals surface area contributed by atoms with Gasteiger partial charge in [0, 0.05) is 43.0 Å². The van der Waals surface area contributed by atoms with E-state index in [1.807, 2.05) is 35.2 Å². The van der Waals surface area contributed by atoms with Gasteiger partial charge in [0.15, 0.2) is 0 Å². The van der Waals surface area contributed by atoms with Crippen LogP contribution in [-0.4, -0.2) is 22.6 Å². The summed E-state index contributed by atoms with van der Waals surface area (Å²) in [5.74, 6) is -0.149. The van der Waals surface area contributed by atoms with Crippen LogP contribution in [0.5, 0.6) is 0 Å². The van der Waals surface area contributed by atoms with Gasteiger partial charge in [-0.3, -0.25) is 19.5 Å². The van der Waals surface area contributed by atoms with E-state index < -0.39 is 10.9 Å². The molecule has 0 saturated carbocycles. The number of fused-ring (bicyclic) bond motifs is 1. The minimum absolute atomic E-state index is 0.149. The zero-order valence-electron chi connectivity index (χ0n) is 16.7. The van der Waals surface area contributed by atoms with Gasteiger partial charge in [0.1, 0.15) is 0 Å². The summed E-state index contributed by atoms with van der Waals surface area (Å²) in [6.45, 7) is 1.72. The van der Waals surface area contributed by atoms with Crippen LogP contribution in [0.2, 0.25) is 0 Å². The number of hydrogen-bond acceptors (Lipinski definition) is 5. The molecule has 1 aromatic heterocycles. The summed E-state index contributed by atoms with van der Waals surface area (Å²) in [6.07, 6.45) is 2.50. The molecule has 0 saturated heterocycles. The first-order valence-corrected chi connectivity index (χ1v) is 10.1. The van der Waals surface area contributed by atoms with Crippen LogP contribution >= 0.6 is 0 Å². The van der Waals surface area contributed by atoms with Crippen LogP contribution in [0.3, 0.4) is 0 Å². The SMILES string of the molecule is O=C(NCc1ccc2c(c1)CN(c1cc(=O)c1=O)CC2)c1cccc(-c2ccn[nH]2)c1. The smallest absolute Gasteiger partial charge is 0.251 e. The lowest BCUT2D eigenvalue weighted by molar-refractivity contribution is 0.0951. The van der Waals surface area contributed by atoms with Gasteiger partial charge >= 0.3 is 0 Å². The van der Waals surface area contributed by atoms with Crippen molar-refractivity contribution in [2.24, 2.45) is 0 Å². The van der Waals surface area contributed by atoms with Crippen LogP contribution in [0.25, 0.3) is 11.3 Å². The Morgan fingerprint density at radius 2 is 1.97 bits per heavy atom. The van der Waals surface area contributed by atoms with Crippen molar-refractivity contribution in [3.05, 3.63) is 103 Å². The quantitative estimate of drug-likeness (QED) is 0.490. The van der Waals surface area contributed by atoms with Gasteiger partial charge in [-0.15, -0.1) is 0 Å². The molecule has 2 heterocycles. The van der Waals surface area contributed by atoms with Crippen LogP contribution < -0.4 is 21.1 Å². The Morgan fingerprint density at radius 1 is 1.06 bits per heavy atom. The predicted molar refractivity (Wildman–Crippen MR) is 118 cm³/mol. The van der Waals surface area contributed by atoms with Crippen LogP contribution in [0.15, 0.2) is 70.4 Å². The third-order valence-corrected chi connectivity index (χ3v) is 5.74. The number of carbonyl (C=O) groups is 1. The van der Waals surface area contributed by atoms with Gasteiger partial charge in [-0.1, -0.05) is 30.3 Å². The Labute approximate surface area is 178 Å². The molecule has 4 aromatic rings. The number of anilines is 1. The molecule has 31 heavy (non-hydrogen) atoms. The summed E-state index contributed by atoms with van der Waals surface area (Å²) in [5.41, 5.74) is 5.36. The van der Waals surface area contributed by atoms with Gasteiger partial charge < -0.3 is 10.2 Å². The zero-order valence-corrected chi connectivity index (χ0v) is 16.7. The van der Waals surface area contributed by atoms with Gasteiger partial charge in [0.2, 0.25) is 10.9 Å². The summed E-state index contributed by atoms with van der Waals surface area (Å²) in [4.78, 5) is 37.6. The molecule has 7 heteroatoms. The molecule has 1 amide bonds. The van der Waals surface area contributed by atoms with Crippen molar-refractivity contribution in [2.75, 3.05) is 11.4 Å². The molecule has 1 aliphatic rings. The molecular formula is C24H20N4O3. The average molecular weight is 412 g/mol. The fourth-order valence-corrected chi connectivity index (χ4v) is 3.99. The van der Waals surface area contributed by atoms with Crippen molar-refractivity contribution in [1.82, 2.24) is 15.5 Å². The number of hydrogen-bond donors (Lipinski definition) is 2. The van der Waals surface area contributed by atoms with E-state index in [4.69, 9.17) is 0 Å². The topological polar surface area (TPSA) is 95.2 Å². The van der Waals surface area contributed by atoms with E-state index in [0.29, 0.717) is 24.3 Å². The first kappa shape index (κ1) is 19.0. The molecule has 0 bridgehead atoms. The third kappa shape index (κ3) is 3.66. The molecule has 0 radical (unpaired) electrons. The summed E-state index contributed by atoms with van der Waals surface area (Å²) in [5, 5.41) is 9.83. The van der Waals surface area contributed by atoms with E-state index in [1.54, 1.807) is 12.3 Å². The number of aromatic amines is 1. The van der Waals surface area contributed by atoms with Crippen molar-refractivity contribution >= 4 is 11.6 Å². The predicted octanol–water partition coefficient (Wildman–Crippen LogP) is 2.17. The second-order valence-electron chi connectivity index (χ2n) is 7.73. The second-order valence-corrected chi connectivity index (χ2v) is 7.73. The molecule has 0 aliphatic carbocycles. The molecule has 0 spiro atoms. The number of rotatable bonds is 5. The zero-order chi connectivity index (χ0) is 21.4. The van der Waals surface area contributed by atoms with Gasteiger partial charge in [-0.05, 0) is 41.3 Å². The Bertz CT molecular complexity index is 1330. The Morgan fingerprint density at radius 3 is 2.74 bits per heavy atom. The molecule has 7 nitrogen and oxygen atoms in total. The lowest BCUT2D eigenvalue weighted by Gasteiger charge is -2.31. The van der Waals surface area contributed by atoms with E-state index in [2.05, 4.69) is 27.6 Å². The lowest BCUT2D eigenvalue weighted by atomic mass is 9.96. The maximum Gasteiger partial charge on any atom is 0.251 e. The normalized spacial score (nSPS) is 13.2. The average Bonchev–Trinajstić information content (AvgIpc) is 3.35. The van der Waals surface area contributed by atoms with E-state index in [0.717, 1.165) is 35.3 Å². The molecule has 0 unspecified atom stereocenters. The molecule has 2 N–H and O–H groups in total. The highest BCUT2D eigenvalue weighted by atomic mass is 16.2. The van der Waals surface area contributed by atoms with Crippen LogP contribution in [0, 0.1) is 0 Å². The van der Waals surface area contributed by atoms with E-state index in [1.165, 1.54) is 11.6 Å². The van der Waals surface area contributed by atoms with Crippen LogP contribution in [0.4, 0.5) is 5.69 Å². The minimum Gasteiger partial charge on any atom is -0.363 e. The summed E-state index contributed by atoms with van der Waals surface area (Å²) >= 11 is 0. The maximum absolute atomic E-state index is 12.7. The van der Waals surface area contributed by atoms with E-state index in [9.17, 15) is 14.4 Å². The number of carbonyl (C=O) groups excluding carboxylic acids is 1. The monoisotopic (exact) mass is 412 g/mol. The molecule has 0 fully saturated rings. The number of nitrogens with one attached hydrogen (secondary N) is 2. The minimum atomic E-state index is -0.422. The highest BCUT2D eigenvalue weighted by molar-refractivity contribution is 5.95. The lowest BCUT2D eigenvalue weighted by Crippen LogP contribution is -2.41. The van der Waals surface area contributed by atoms with E-state index in [-0.39, 0.29) is 5.91 Å². The first-order valence-electron chi connectivity index (χ1n) is 10.1. The van der Waals surface area contributed by atoms with Crippen molar-refractivity contribution < 1.29 is 4.79 Å². The summed E-state index contributed by atoms with van der Waals surface area (Å²) in [7, 11) is 0. The highest BCUT2D eigenvalue weighted by Crippen LogP contribution is 2.23. The van der Waals surface area contributed by atoms with Gasteiger partial charge in [0.05, 0.1) is 11.4 Å². The fraction of sp³-hybridized carbons (Fsp3) is 0.167. The van der Waals surface area contributed by atoms with Gasteiger partial charge in [-0.2, -0.15) is 5.10 Å². The molecular weight excluding hydrogens is 392 g/mol. The number of amides is 1. The van der Waals surface area contributed by atoms with Crippen molar-refractivity contribution in [3.8, 4) is 11.3 Å². The standard InChI is InChI=1S/C24H20N4O3/c29-22-12-21(23(22)30)28-9-7-16-5-4-15(10-19(16)14-28)13-25-24(31)18-3-1-2-17(11-18)20-6-8-26-27-20/h1-6,8,10-12H,7,9,13-14H2,(H,25,31)(H,26,27). The first-order chi connectivity index (χ1) is 15.1. The van der Waals surface area contributed by atoms with Gasteiger partial charge in [0.25, 0.3) is 5.91 Å². The fourth-order valence-electron chi connectivity index (χ4n) is 3.99. The number of nitrogens with zero attached hydrogens (tertiary/aromatic N) is 2. The Kier molecular flexibility index (Phi) is 4.71. The molecule has 3 aromatic carbocycles. The molecule has 1 aliphatic heterocycles. The summed E-state index contributed by atoms with van der Waals surface area (Å²) in [6, 6.07) is 16.8. The van der Waals surface area contributed by atoms with Crippen LogP contribution in [-0.2, 0) is 19.5 Å². The third-order valence-electron chi connectivity index (χ3n) is 5.74. The Hall–Kier alpha value is -4.00. The van der Waals surface area contributed by atoms with Crippen molar-refractivity contribution in [1.29, 1.82) is 0 Å². The molecule has 154 valence electrons. The largest absolute Gasteiger partial charge is 0.363 e.